The summed E-state index contributed by atoms with van der Waals surface area (Å²) in [4.78, 5) is 42.7. The van der Waals surface area contributed by atoms with Gasteiger partial charge in [-0.15, -0.1) is 0 Å². The summed E-state index contributed by atoms with van der Waals surface area (Å²) in [7, 11) is 0. The monoisotopic (exact) mass is 501 g/mol. The van der Waals surface area contributed by atoms with Crippen LogP contribution in [0.4, 0.5) is 11.4 Å². The summed E-state index contributed by atoms with van der Waals surface area (Å²) >= 11 is 6.04. The fraction of sp³-hybridized carbons (Fsp3) is 0.250. The molecular weight excluding hydrogens is 478 g/mol. The summed E-state index contributed by atoms with van der Waals surface area (Å²) in [5.41, 5.74) is 2.60. The zero-order valence-corrected chi connectivity index (χ0v) is 20.4. The topological polar surface area (TPSA) is 98.7 Å². The number of imide groups is 1. The van der Waals surface area contributed by atoms with E-state index >= 15 is 0 Å². The first-order valence-corrected chi connectivity index (χ1v) is 12.2. The van der Waals surface area contributed by atoms with Crippen LogP contribution in [-0.4, -0.2) is 28.9 Å². The van der Waals surface area contributed by atoms with Gasteiger partial charge in [0.2, 0.25) is 17.7 Å². The lowest BCUT2D eigenvalue weighted by atomic mass is 9.75. The van der Waals surface area contributed by atoms with Crippen LogP contribution in [0.15, 0.2) is 66.7 Å². The molecular formula is C28H24ClN3O4. The van der Waals surface area contributed by atoms with E-state index in [0.29, 0.717) is 27.5 Å². The summed E-state index contributed by atoms with van der Waals surface area (Å²) in [6.45, 7) is 3.83. The normalized spacial score (nSPS) is 27.4. The van der Waals surface area contributed by atoms with Crippen LogP contribution in [0.2, 0.25) is 5.02 Å². The van der Waals surface area contributed by atoms with Gasteiger partial charge >= 0.3 is 0 Å². The van der Waals surface area contributed by atoms with E-state index in [2.05, 4.69) is 10.6 Å². The number of hydrogen-bond acceptors (Lipinski definition) is 5. The molecule has 3 aromatic rings. The predicted octanol–water partition coefficient (Wildman–Crippen LogP) is 3.62. The zero-order chi connectivity index (χ0) is 25.4. The molecule has 8 heteroatoms. The molecule has 2 fully saturated rings. The molecule has 0 aromatic heterocycles. The Labute approximate surface area is 213 Å². The Hall–Kier alpha value is -3.52. The lowest BCUT2D eigenvalue weighted by Gasteiger charge is -2.31. The molecule has 5 atom stereocenters. The average Bonchev–Trinajstić information content (AvgIpc) is 3.45. The maximum atomic E-state index is 14.0. The molecule has 0 aliphatic carbocycles. The summed E-state index contributed by atoms with van der Waals surface area (Å²) in [5.74, 6) is -3.29. The Balaban J connectivity index is 1.52. The van der Waals surface area contributed by atoms with Crippen molar-refractivity contribution in [3.63, 3.8) is 0 Å². The van der Waals surface area contributed by atoms with Crippen molar-refractivity contribution in [2.24, 2.45) is 11.8 Å². The van der Waals surface area contributed by atoms with E-state index in [1.54, 1.807) is 42.5 Å². The van der Waals surface area contributed by atoms with Crippen molar-refractivity contribution < 1.29 is 19.5 Å². The molecule has 3 aromatic carbocycles. The highest BCUT2D eigenvalue weighted by Gasteiger charge is 2.71. The second kappa shape index (κ2) is 8.00. The van der Waals surface area contributed by atoms with E-state index < -0.39 is 47.2 Å². The van der Waals surface area contributed by atoms with Crippen molar-refractivity contribution >= 4 is 40.7 Å². The molecule has 6 rings (SSSR count). The van der Waals surface area contributed by atoms with Gasteiger partial charge in [0.15, 0.2) is 0 Å². The van der Waals surface area contributed by atoms with Gasteiger partial charge in [0, 0.05) is 16.3 Å². The lowest BCUT2D eigenvalue weighted by Crippen LogP contribution is -2.54. The molecule has 3 heterocycles. The Morgan fingerprint density at radius 2 is 1.58 bits per heavy atom. The number of nitrogens with one attached hydrogen (secondary N) is 2. The maximum Gasteiger partial charge on any atom is 0.250 e. The Bertz CT molecular complexity index is 1420. The van der Waals surface area contributed by atoms with Gasteiger partial charge in [-0.05, 0) is 49.7 Å². The fourth-order valence-corrected chi connectivity index (χ4v) is 6.06. The largest absolute Gasteiger partial charge is 0.387 e. The van der Waals surface area contributed by atoms with Crippen molar-refractivity contribution in [3.8, 4) is 0 Å². The van der Waals surface area contributed by atoms with E-state index in [9.17, 15) is 19.5 Å². The van der Waals surface area contributed by atoms with Gasteiger partial charge in [-0.3, -0.25) is 19.7 Å². The van der Waals surface area contributed by atoms with Crippen LogP contribution < -0.4 is 15.5 Å². The molecule has 1 spiro atoms. The quantitative estimate of drug-likeness (QED) is 0.476. The van der Waals surface area contributed by atoms with Crippen molar-refractivity contribution in [3.05, 3.63) is 94.0 Å². The molecule has 0 radical (unpaired) electrons. The number of aliphatic hydroxyl groups excluding tert-OH is 1. The highest BCUT2D eigenvalue weighted by Crippen LogP contribution is 2.55. The van der Waals surface area contributed by atoms with Crippen molar-refractivity contribution in [1.82, 2.24) is 5.32 Å². The lowest BCUT2D eigenvalue weighted by molar-refractivity contribution is -0.130. The molecule has 36 heavy (non-hydrogen) atoms. The molecule has 3 aliphatic rings. The zero-order valence-electron chi connectivity index (χ0n) is 19.7. The van der Waals surface area contributed by atoms with Gasteiger partial charge in [0.25, 0.3) is 0 Å². The molecule has 7 nitrogen and oxygen atoms in total. The third kappa shape index (κ3) is 3.10. The Kier molecular flexibility index (Phi) is 5.09. The Morgan fingerprint density at radius 1 is 0.917 bits per heavy atom. The summed E-state index contributed by atoms with van der Waals surface area (Å²) in [5, 5.41) is 18.2. The number of anilines is 2. The van der Waals surface area contributed by atoms with Crippen LogP contribution in [0.1, 0.15) is 28.4 Å². The third-order valence-electron chi connectivity index (χ3n) is 7.65. The number of carbonyl (C=O) groups excluding carboxylic acids is 3. The van der Waals surface area contributed by atoms with E-state index in [0.717, 1.165) is 11.1 Å². The first kappa shape index (κ1) is 22.9. The number of halogens is 1. The summed E-state index contributed by atoms with van der Waals surface area (Å²) in [6, 6.07) is 18.4. The van der Waals surface area contributed by atoms with Crippen molar-refractivity contribution in [2.45, 2.75) is 31.5 Å². The molecule has 0 saturated carbocycles. The second-order valence-electron chi connectivity index (χ2n) is 9.83. The van der Waals surface area contributed by atoms with Gasteiger partial charge in [-0.1, -0.05) is 59.1 Å². The molecule has 2 saturated heterocycles. The van der Waals surface area contributed by atoms with Crippen LogP contribution in [0, 0.1) is 25.7 Å². The minimum atomic E-state index is -1.49. The first-order chi connectivity index (χ1) is 17.2. The minimum Gasteiger partial charge on any atom is -0.387 e. The highest BCUT2D eigenvalue weighted by molar-refractivity contribution is 6.30. The first-order valence-electron chi connectivity index (χ1n) is 11.8. The van der Waals surface area contributed by atoms with Crippen LogP contribution >= 0.6 is 11.6 Å². The van der Waals surface area contributed by atoms with Crippen LogP contribution in [0.3, 0.4) is 0 Å². The number of fused-ring (bicyclic) bond motifs is 4. The molecule has 0 unspecified atom stereocenters. The molecule has 0 bridgehead atoms. The van der Waals surface area contributed by atoms with Gasteiger partial charge in [0.05, 0.1) is 29.7 Å². The van der Waals surface area contributed by atoms with Gasteiger partial charge in [-0.2, -0.15) is 0 Å². The van der Waals surface area contributed by atoms with Crippen molar-refractivity contribution in [2.75, 3.05) is 10.2 Å². The van der Waals surface area contributed by atoms with E-state index in [1.165, 1.54) is 4.90 Å². The number of benzene rings is 3. The fourth-order valence-electron chi connectivity index (χ4n) is 5.93. The van der Waals surface area contributed by atoms with Crippen LogP contribution in [-0.2, 0) is 19.9 Å². The molecule has 3 aliphatic heterocycles. The average molecular weight is 502 g/mol. The number of aryl methyl sites for hydroxylation is 2. The third-order valence-corrected chi connectivity index (χ3v) is 7.90. The van der Waals surface area contributed by atoms with E-state index in [1.807, 2.05) is 38.1 Å². The standard InChI is InChI=1S/C28H24ClN3O4/c1-14-3-10-18(11-4-14)32-25(34)21-22(26(32)35)28(19-13-15(2)5-12-20(19)30-27(28)36)31-23(21)24(33)16-6-8-17(29)9-7-16/h3-13,21-24,31,33H,1-2H3,(H,30,36)/t21-,22-,23+,24+,28-/m0/s1. The number of aliphatic hydroxyl groups is 1. The summed E-state index contributed by atoms with van der Waals surface area (Å²) < 4.78 is 0. The van der Waals surface area contributed by atoms with Gasteiger partial charge in [0.1, 0.15) is 5.54 Å². The van der Waals surface area contributed by atoms with Crippen LogP contribution in [0.5, 0.6) is 0 Å². The Morgan fingerprint density at radius 3 is 2.28 bits per heavy atom. The second-order valence-corrected chi connectivity index (χ2v) is 10.3. The van der Waals surface area contributed by atoms with E-state index in [4.69, 9.17) is 11.6 Å². The number of amides is 3. The SMILES string of the molecule is Cc1ccc(N2C(=O)[C@@H]3[C@H]([C@H](O)c4ccc(Cl)cc4)N[C@]4(C(=O)Nc5ccc(C)cc54)[C@@H]3C2=O)cc1. The number of hydrogen-bond donors (Lipinski definition) is 3. The van der Waals surface area contributed by atoms with Crippen molar-refractivity contribution in [1.29, 1.82) is 0 Å². The molecule has 3 amide bonds. The highest BCUT2D eigenvalue weighted by atomic mass is 35.5. The predicted molar refractivity (Wildman–Crippen MR) is 135 cm³/mol. The smallest absolute Gasteiger partial charge is 0.250 e. The van der Waals surface area contributed by atoms with Gasteiger partial charge < -0.3 is 10.4 Å². The molecule has 182 valence electrons. The van der Waals surface area contributed by atoms with E-state index in [-0.39, 0.29) is 0 Å². The maximum absolute atomic E-state index is 14.0. The van der Waals surface area contributed by atoms with Crippen LogP contribution in [0.25, 0.3) is 0 Å². The van der Waals surface area contributed by atoms with Gasteiger partial charge in [-0.25, -0.2) is 4.90 Å². The summed E-state index contributed by atoms with van der Waals surface area (Å²) in [6.07, 6.45) is -1.16. The minimum absolute atomic E-state index is 0.407. The number of carbonyl (C=O) groups is 3. The number of nitrogens with zero attached hydrogens (tertiary/aromatic N) is 1. The molecule has 3 N–H and O–H groups in total. The number of rotatable bonds is 3.